The van der Waals surface area contributed by atoms with Crippen LogP contribution in [0.25, 0.3) is 0 Å². The summed E-state index contributed by atoms with van der Waals surface area (Å²) in [6, 6.07) is 29.1. The molecule has 74 heavy (non-hydrogen) atoms. The fourth-order valence-electron chi connectivity index (χ4n) is 7.71. The van der Waals surface area contributed by atoms with Gasteiger partial charge in [0.1, 0.15) is 11.5 Å². The van der Waals surface area contributed by atoms with E-state index in [1.807, 2.05) is 62.4 Å². The molecule has 6 aromatic carbocycles. The molecule has 398 valence electrons. The SMILES string of the molecule is CCCCCC.Cc1ccc(S(=O)(=O)Nc2c3cc(C(C)(C)C)cc2Sc2cc(C(C)(C)C)cc(c2O)Sc2cc(C(C)(C)C)cc(c2NS(=O)(=O)c2ccc(C)cc2)Sc2cc(C(C)(C)C)cc(c2O)S3)cc1. The number of fused-ring (bicyclic) bond motifs is 8. The van der Waals surface area contributed by atoms with Gasteiger partial charge in [-0.1, -0.05) is 205 Å². The minimum atomic E-state index is -4.17. The molecule has 0 aromatic heterocycles. The van der Waals surface area contributed by atoms with Crippen LogP contribution in [0.1, 0.15) is 156 Å². The molecule has 7 rings (SSSR count). The van der Waals surface area contributed by atoms with Crippen LogP contribution in [0.5, 0.6) is 11.5 Å². The molecule has 0 saturated carbocycles. The quantitative estimate of drug-likeness (QED) is 0.104. The first-order valence-electron chi connectivity index (χ1n) is 25.2. The molecule has 0 saturated heterocycles. The summed E-state index contributed by atoms with van der Waals surface area (Å²) in [5, 5.41) is 25.2. The van der Waals surface area contributed by atoms with Gasteiger partial charge < -0.3 is 10.2 Å². The Morgan fingerprint density at radius 1 is 0.392 bits per heavy atom. The van der Waals surface area contributed by atoms with E-state index in [1.165, 1.54) is 72.7 Å². The number of hydrogen-bond acceptors (Lipinski definition) is 10. The number of aromatic hydroxyl groups is 2. The second kappa shape index (κ2) is 22.8. The molecule has 0 unspecified atom stereocenters. The zero-order valence-electron chi connectivity index (χ0n) is 46.0. The van der Waals surface area contributed by atoms with Gasteiger partial charge in [0.15, 0.2) is 0 Å². The molecule has 8 bridgehead atoms. The van der Waals surface area contributed by atoms with Crippen LogP contribution in [0.2, 0.25) is 0 Å². The number of aryl methyl sites for hydroxylation is 2. The van der Waals surface area contributed by atoms with Crippen LogP contribution < -0.4 is 9.44 Å². The summed E-state index contributed by atoms with van der Waals surface area (Å²) in [6.45, 7) is 33.4. The molecule has 14 heteroatoms. The minimum Gasteiger partial charge on any atom is -0.506 e. The van der Waals surface area contributed by atoms with Gasteiger partial charge in [0.2, 0.25) is 0 Å². The van der Waals surface area contributed by atoms with E-state index in [2.05, 4.69) is 106 Å². The summed E-state index contributed by atoms with van der Waals surface area (Å²) >= 11 is 5.01. The van der Waals surface area contributed by atoms with Crippen molar-refractivity contribution in [1.29, 1.82) is 0 Å². The molecule has 0 spiro atoms. The monoisotopic (exact) mass is 1110 g/mol. The van der Waals surface area contributed by atoms with Gasteiger partial charge in [0.25, 0.3) is 20.0 Å². The highest BCUT2D eigenvalue weighted by Crippen LogP contribution is 2.55. The highest BCUT2D eigenvalue weighted by Gasteiger charge is 2.31. The van der Waals surface area contributed by atoms with E-state index in [4.69, 9.17) is 0 Å². The van der Waals surface area contributed by atoms with Gasteiger partial charge in [0, 0.05) is 19.6 Å². The third-order valence-corrected chi connectivity index (χ3v) is 19.7. The Morgan fingerprint density at radius 2 is 0.608 bits per heavy atom. The maximum absolute atomic E-state index is 14.5. The van der Waals surface area contributed by atoms with Crippen molar-refractivity contribution in [3.05, 3.63) is 130 Å². The molecule has 1 aliphatic heterocycles. The van der Waals surface area contributed by atoms with Crippen LogP contribution in [0.4, 0.5) is 11.4 Å². The lowest BCUT2D eigenvalue weighted by atomic mass is 9.87. The molecular weight excluding hydrogens is 1040 g/mol. The van der Waals surface area contributed by atoms with Gasteiger partial charge in [-0.3, -0.25) is 9.44 Å². The van der Waals surface area contributed by atoms with Gasteiger partial charge >= 0.3 is 0 Å². The molecule has 0 radical (unpaired) electrons. The Bertz CT molecular complexity index is 2920. The van der Waals surface area contributed by atoms with Crippen molar-refractivity contribution >= 4 is 78.5 Å². The van der Waals surface area contributed by atoms with E-state index in [0.717, 1.165) is 33.4 Å². The highest BCUT2D eigenvalue weighted by molar-refractivity contribution is 8.02. The van der Waals surface area contributed by atoms with Gasteiger partial charge in [0.05, 0.1) is 40.7 Å². The summed E-state index contributed by atoms with van der Waals surface area (Å²) in [5.74, 6) is -0.0774. The van der Waals surface area contributed by atoms with Crippen molar-refractivity contribution in [2.45, 2.75) is 207 Å². The van der Waals surface area contributed by atoms with Crippen molar-refractivity contribution in [3.63, 3.8) is 0 Å². The number of sulfonamides is 2. The summed E-state index contributed by atoms with van der Waals surface area (Å²) in [5.41, 5.74) is 4.48. The van der Waals surface area contributed by atoms with E-state index in [0.29, 0.717) is 50.5 Å². The first-order chi connectivity index (χ1) is 34.2. The average Bonchev–Trinajstić information content (AvgIpc) is 3.28. The fraction of sp³-hybridized carbons (Fsp3) is 0.400. The van der Waals surface area contributed by atoms with E-state index in [1.54, 1.807) is 48.5 Å². The standard InChI is InChI=1S/C54H62N2O6S6.C6H14/c1-31-15-19-37(20-16-31)67(59,60)55-47-39-23-33(51(3,4)5)24-40(47)64-44-28-36(54(12,13)14)30-46(50(44)58)66-42-26-34(52(6,7)8)25-41(48(42)56-68(61,62)38-21-17-32(2)18-22-38)65-45-29-35(53(9,10)11)27-43(63-39)49(45)57;1-3-5-6-4-2/h15-30,55-58H,1-14H3;3-6H2,1-2H3. The average molecular weight is 1110 g/mol. The van der Waals surface area contributed by atoms with Crippen LogP contribution in [0.15, 0.2) is 146 Å². The lowest BCUT2D eigenvalue weighted by Gasteiger charge is -2.27. The number of unbranched alkanes of at least 4 members (excludes halogenated alkanes) is 3. The molecule has 1 heterocycles. The highest BCUT2D eigenvalue weighted by atomic mass is 32.2. The summed E-state index contributed by atoms with van der Waals surface area (Å²) in [6.07, 6.45) is 5.54. The van der Waals surface area contributed by atoms with Gasteiger partial charge in [-0.15, -0.1) is 0 Å². The molecule has 0 atom stereocenters. The van der Waals surface area contributed by atoms with Crippen LogP contribution in [0, 0.1) is 13.8 Å². The molecule has 0 aliphatic carbocycles. The van der Waals surface area contributed by atoms with Crippen molar-refractivity contribution in [3.8, 4) is 11.5 Å². The third kappa shape index (κ3) is 14.4. The van der Waals surface area contributed by atoms with E-state index < -0.39 is 41.7 Å². The number of anilines is 2. The van der Waals surface area contributed by atoms with Crippen molar-refractivity contribution in [1.82, 2.24) is 0 Å². The molecule has 8 nitrogen and oxygen atoms in total. The predicted molar refractivity (Wildman–Crippen MR) is 314 cm³/mol. The number of nitrogens with one attached hydrogen (secondary N) is 2. The molecule has 0 amide bonds. The Hall–Kier alpha value is -4.18. The van der Waals surface area contributed by atoms with Crippen molar-refractivity contribution in [2.24, 2.45) is 0 Å². The molecule has 1 aliphatic rings. The van der Waals surface area contributed by atoms with Crippen molar-refractivity contribution in [2.75, 3.05) is 9.44 Å². The second-order valence-corrected chi connectivity index (χ2v) is 31.0. The van der Waals surface area contributed by atoms with Crippen molar-refractivity contribution < 1.29 is 27.0 Å². The largest absolute Gasteiger partial charge is 0.506 e. The Morgan fingerprint density at radius 3 is 0.811 bits per heavy atom. The maximum Gasteiger partial charge on any atom is 0.261 e. The predicted octanol–water partition coefficient (Wildman–Crippen LogP) is 18.0. The third-order valence-electron chi connectivity index (χ3n) is 12.6. The van der Waals surface area contributed by atoms with Gasteiger partial charge in [-0.05, 0) is 131 Å². The Labute approximate surface area is 460 Å². The number of benzene rings is 6. The van der Waals surface area contributed by atoms with E-state index in [-0.39, 0.29) is 21.3 Å². The number of hydrogen-bond donors (Lipinski definition) is 4. The lowest BCUT2D eigenvalue weighted by Crippen LogP contribution is -2.17. The molecule has 4 N–H and O–H groups in total. The topological polar surface area (TPSA) is 133 Å². The minimum absolute atomic E-state index is 0.0387. The number of phenols is 2. The summed E-state index contributed by atoms with van der Waals surface area (Å²) in [4.78, 5) is 4.29. The van der Waals surface area contributed by atoms with Crippen LogP contribution >= 0.6 is 47.0 Å². The molecule has 6 aromatic rings. The summed E-state index contributed by atoms with van der Waals surface area (Å²) in [7, 11) is -8.34. The Kier molecular flexibility index (Phi) is 18.2. The number of phenolic OH excluding ortho intramolecular Hbond substituents is 2. The maximum atomic E-state index is 14.5. The lowest BCUT2D eigenvalue weighted by molar-refractivity contribution is 0.446. The van der Waals surface area contributed by atoms with Crippen LogP contribution in [-0.2, 0) is 41.7 Å². The molecular formula is C60H76N2O6S6. The Balaban J connectivity index is 0.00000140. The normalized spacial score (nSPS) is 13.5. The van der Waals surface area contributed by atoms with Gasteiger partial charge in [-0.25, -0.2) is 16.8 Å². The number of rotatable bonds is 9. The second-order valence-electron chi connectivity index (χ2n) is 23.3. The van der Waals surface area contributed by atoms with E-state index >= 15 is 0 Å². The zero-order valence-corrected chi connectivity index (χ0v) is 50.9. The zero-order chi connectivity index (χ0) is 54.9. The fourth-order valence-corrected chi connectivity index (χ4v) is 14.7. The van der Waals surface area contributed by atoms with Gasteiger partial charge in [-0.2, -0.15) is 0 Å². The van der Waals surface area contributed by atoms with E-state index in [9.17, 15) is 27.0 Å². The smallest absolute Gasteiger partial charge is 0.261 e. The molecule has 0 fully saturated rings. The first-order valence-corrected chi connectivity index (χ1v) is 31.5. The summed E-state index contributed by atoms with van der Waals surface area (Å²) < 4.78 is 64.0. The first kappa shape index (κ1) is 59.1. The van der Waals surface area contributed by atoms with Crippen LogP contribution in [-0.4, -0.2) is 27.0 Å². The van der Waals surface area contributed by atoms with Crippen LogP contribution in [0.3, 0.4) is 0 Å².